The molecule has 5 heterocycles. The smallest absolute Gasteiger partial charge is 0.131 e. The van der Waals surface area contributed by atoms with Crippen molar-refractivity contribution in [3.8, 4) is 5.69 Å². The lowest BCUT2D eigenvalue weighted by molar-refractivity contribution is 1.01. The van der Waals surface area contributed by atoms with E-state index in [2.05, 4.69) is 105 Å². The summed E-state index contributed by atoms with van der Waals surface area (Å²) in [6, 6.07) is 26.5. The molecule has 0 N–H and O–H groups in total. The maximum atomic E-state index is 2.51. The van der Waals surface area contributed by atoms with Gasteiger partial charge in [0.1, 0.15) is 10.5 Å². The summed E-state index contributed by atoms with van der Waals surface area (Å²) in [6.45, 7) is 0. The monoisotopic (exact) mass is 415 g/mol. The van der Waals surface area contributed by atoms with Crippen molar-refractivity contribution in [2.24, 2.45) is 7.05 Å². The molecule has 31 heavy (non-hydrogen) atoms. The summed E-state index contributed by atoms with van der Waals surface area (Å²) in [5.41, 5.74) is 6.33. The number of hydrogen-bond donors (Lipinski definition) is 0. The minimum Gasteiger partial charge on any atom is -0.344 e. The van der Waals surface area contributed by atoms with Crippen LogP contribution in [0.1, 0.15) is 0 Å². The van der Waals surface area contributed by atoms with E-state index in [0.29, 0.717) is 0 Å². The first-order valence-corrected chi connectivity index (χ1v) is 11.4. The molecule has 0 aliphatic heterocycles. The Bertz CT molecular complexity index is 1940. The predicted octanol–water partition coefficient (Wildman–Crippen LogP) is 7.33. The van der Waals surface area contributed by atoms with Gasteiger partial charge in [-0.3, -0.25) is 4.40 Å². The topological polar surface area (TPSA) is 14.3 Å². The number of benzene rings is 3. The van der Waals surface area contributed by atoms with Gasteiger partial charge in [-0.25, -0.2) is 0 Å². The largest absolute Gasteiger partial charge is 0.344 e. The molecule has 0 atom stereocenters. The lowest BCUT2D eigenvalue weighted by Crippen LogP contribution is -1.95. The number of hydrogen-bond acceptors (Lipinski definition) is 1. The Hall–Kier alpha value is -3.76. The average molecular weight is 416 g/mol. The predicted molar refractivity (Wildman–Crippen MR) is 132 cm³/mol. The number of aryl methyl sites for hydroxylation is 1. The minimum absolute atomic E-state index is 1.19. The van der Waals surface area contributed by atoms with Crippen molar-refractivity contribution in [3.05, 3.63) is 84.4 Å². The van der Waals surface area contributed by atoms with Gasteiger partial charge < -0.3 is 9.13 Å². The van der Waals surface area contributed by atoms with E-state index < -0.39 is 0 Å². The van der Waals surface area contributed by atoms with Crippen LogP contribution < -0.4 is 0 Å². The first-order chi connectivity index (χ1) is 15.3. The molecule has 0 amide bonds. The fourth-order valence-electron chi connectivity index (χ4n) is 5.64. The van der Waals surface area contributed by atoms with Gasteiger partial charge >= 0.3 is 0 Å². The molecule has 0 saturated heterocycles. The first-order valence-electron chi connectivity index (χ1n) is 10.5. The highest BCUT2D eigenvalue weighted by Crippen LogP contribution is 2.45. The Balaban J connectivity index is 1.80. The molecule has 3 aromatic carbocycles. The van der Waals surface area contributed by atoms with E-state index in [1.807, 2.05) is 11.3 Å². The van der Waals surface area contributed by atoms with Crippen molar-refractivity contribution in [1.82, 2.24) is 13.5 Å². The van der Waals surface area contributed by atoms with Crippen molar-refractivity contribution in [2.45, 2.75) is 0 Å². The summed E-state index contributed by atoms with van der Waals surface area (Å²) in [5, 5.41) is 10.2. The highest BCUT2D eigenvalue weighted by Gasteiger charge is 2.23. The number of aromatic nitrogens is 3. The fourth-order valence-corrected chi connectivity index (χ4v) is 6.56. The molecule has 0 spiro atoms. The zero-order chi connectivity index (χ0) is 20.3. The maximum Gasteiger partial charge on any atom is 0.131 e. The third-order valence-electron chi connectivity index (χ3n) is 6.93. The van der Waals surface area contributed by atoms with Crippen LogP contribution in [0.4, 0.5) is 0 Å². The molecular formula is C27H17N3S. The van der Waals surface area contributed by atoms with Crippen molar-refractivity contribution in [3.63, 3.8) is 0 Å². The van der Waals surface area contributed by atoms with Crippen LogP contribution in [0.5, 0.6) is 0 Å². The van der Waals surface area contributed by atoms with E-state index in [1.54, 1.807) is 0 Å². The van der Waals surface area contributed by atoms with Gasteiger partial charge in [0.25, 0.3) is 0 Å². The zero-order valence-electron chi connectivity index (χ0n) is 16.8. The molecule has 0 aliphatic carbocycles. The van der Waals surface area contributed by atoms with Crippen LogP contribution in [0.15, 0.2) is 84.4 Å². The van der Waals surface area contributed by atoms with Crippen molar-refractivity contribution in [1.29, 1.82) is 0 Å². The molecule has 0 saturated carbocycles. The van der Waals surface area contributed by atoms with Crippen molar-refractivity contribution < 1.29 is 0 Å². The Labute approximate surface area is 181 Å². The summed E-state index contributed by atoms with van der Waals surface area (Å²) in [5.74, 6) is 0. The van der Waals surface area contributed by atoms with Gasteiger partial charge in [0.15, 0.2) is 0 Å². The normalized spacial score (nSPS) is 12.7. The number of nitrogens with zero attached hydrogens (tertiary/aromatic N) is 3. The van der Waals surface area contributed by atoms with Gasteiger partial charge in [0.05, 0.1) is 11.0 Å². The van der Waals surface area contributed by atoms with Crippen LogP contribution >= 0.6 is 11.3 Å². The lowest BCUT2D eigenvalue weighted by Gasteiger charge is -2.06. The second-order valence-corrected chi connectivity index (χ2v) is 9.24. The second-order valence-electron chi connectivity index (χ2n) is 8.35. The summed E-state index contributed by atoms with van der Waals surface area (Å²) in [7, 11) is 2.19. The number of rotatable bonds is 1. The number of thiophene rings is 1. The van der Waals surface area contributed by atoms with Gasteiger partial charge in [-0.2, -0.15) is 0 Å². The van der Waals surface area contributed by atoms with Crippen molar-refractivity contribution >= 4 is 70.7 Å². The maximum absolute atomic E-state index is 2.51. The zero-order valence-corrected chi connectivity index (χ0v) is 17.6. The molecule has 0 unspecified atom stereocenters. The Kier molecular flexibility index (Phi) is 2.73. The summed E-state index contributed by atoms with van der Waals surface area (Å²) < 4.78 is 7.19. The molecule has 4 heteroatoms. The van der Waals surface area contributed by atoms with Gasteiger partial charge in [0.2, 0.25) is 0 Å². The van der Waals surface area contributed by atoms with Crippen LogP contribution in [0.3, 0.4) is 0 Å². The van der Waals surface area contributed by atoms with E-state index in [0.717, 1.165) is 0 Å². The Morgan fingerprint density at radius 1 is 0.677 bits per heavy atom. The van der Waals surface area contributed by atoms with E-state index >= 15 is 0 Å². The van der Waals surface area contributed by atoms with Crippen molar-refractivity contribution in [2.75, 3.05) is 0 Å². The molecular weight excluding hydrogens is 398 g/mol. The molecule has 0 bridgehead atoms. The third-order valence-corrected chi connectivity index (χ3v) is 7.83. The molecule has 8 aromatic rings. The van der Waals surface area contributed by atoms with Crippen LogP contribution in [-0.2, 0) is 7.05 Å². The van der Waals surface area contributed by atoms with E-state index in [4.69, 9.17) is 0 Å². The minimum atomic E-state index is 1.19. The number of para-hydroxylation sites is 1. The van der Waals surface area contributed by atoms with Crippen LogP contribution in [0.25, 0.3) is 65.0 Å². The van der Waals surface area contributed by atoms with E-state index in [-0.39, 0.29) is 0 Å². The summed E-state index contributed by atoms with van der Waals surface area (Å²) in [4.78, 5) is 1.30. The Morgan fingerprint density at radius 2 is 1.55 bits per heavy atom. The molecule has 0 aliphatic rings. The quantitative estimate of drug-likeness (QED) is 0.266. The molecule has 146 valence electrons. The van der Waals surface area contributed by atoms with Gasteiger partial charge in [0, 0.05) is 51.4 Å². The highest BCUT2D eigenvalue weighted by molar-refractivity contribution is 7.17. The van der Waals surface area contributed by atoms with Gasteiger partial charge in [-0.05, 0) is 47.2 Å². The summed E-state index contributed by atoms with van der Waals surface area (Å²) in [6.07, 6.45) is 2.21. The van der Waals surface area contributed by atoms with Gasteiger partial charge in [-0.1, -0.05) is 36.4 Å². The van der Waals surface area contributed by atoms with Crippen LogP contribution in [-0.4, -0.2) is 13.5 Å². The van der Waals surface area contributed by atoms with Gasteiger partial charge in [-0.15, -0.1) is 11.3 Å². The SMILES string of the molecule is Cn1c2cccc3c4ccsc4n4c5c(ccc1c5c32)c1ccn(-c2ccccc2)c14. The number of fused-ring (bicyclic) bond motifs is 6. The molecule has 8 rings (SSSR count). The molecule has 5 aromatic heterocycles. The fraction of sp³-hybridized carbons (Fsp3) is 0.0370. The van der Waals surface area contributed by atoms with E-state index in [9.17, 15) is 0 Å². The second kappa shape index (κ2) is 5.29. The lowest BCUT2D eigenvalue weighted by atomic mass is 10.1. The Morgan fingerprint density at radius 3 is 2.45 bits per heavy atom. The van der Waals surface area contributed by atoms with Crippen LogP contribution in [0, 0.1) is 0 Å². The molecule has 3 nitrogen and oxygen atoms in total. The summed E-state index contributed by atoms with van der Waals surface area (Å²) >= 11 is 1.83. The van der Waals surface area contributed by atoms with Crippen LogP contribution in [0.2, 0.25) is 0 Å². The first kappa shape index (κ1) is 16.0. The standard InChI is InChI=1S/C27H17N3S/c1-28-21-9-5-8-17-20-13-15-31-27(20)30-25-18(10-11-22(28)24(25)23(17)21)19-12-14-29(26(19)30)16-6-3-2-4-7-16/h2-15H,1H3. The molecule has 0 radical (unpaired) electrons. The average Bonchev–Trinajstić information content (AvgIpc) is 3.55. The molecule has 0 fully saturated rings. The highest BCUT2D eigenvalue weighted by atomic mass is 32.1. The third kappa shape index (κ3) is 1.74. The van der Waals surface area contributed by atoms with E-state index in [1.165, 1.54) is 65.0 Å².